The zero-order chi connectivity index (χ0) is 14.9. The second-order valence-electron chi connectivity index (χ2n) is 4.24. The lowest BCUT2D eigenvalue weighted by molar-refractivity contribution is 0.102. The lowest BCUT2D eigenvalue weighted by Crippen LogP contribution is -2.15. The van der Waals surface area contributed by atoms with Crippen molar-refractivity contribution in [3.63, 3.8) is 0 Å². The molecule has 0 radical (unpaired) electrons. The fraction of sp³-hybridized carbons (Fsp3) is 0.0714. The molecule has 0 spiro atoms. The van der Waals surface area contributed by atoms with Crippen LogP contribution in [0.1, 0.15) is 15.9 Å². The Bertz CT molecular complexity index is 689. The van der Waals surface area contributed by atoms with Crippen LogP contribution in [0.2, 0.25) is 0 Å². The summed E-state index contributed by atoms with van der Waals surface area (Å²) < 4.78 is 27.2. The zero-order valence-electron chi connectivity index (χ0n) is 10.5. The Morgan fingerprint density at radius 1 is 1.30 bits per heavy atom. The van der Waals surface area contributed by atoms with Gasteiger partial charge < -0.3 is 11.1 Å². The minimum Gasteiger partial charge on any atom is -0.398 e. The first-order chi connectivity index (χ1) is 9.40. The van der Waals surface area contributed by atoms with Crippen molar-refractivity contribution in [2.45, 2.75) is 6.92 Å². The predicted octanol–water partition coefficient (Wildman–Crippen LogP) is 3.87. The molecule has 0 bridgehead atoms. The van der Waals surface area contributed by atoms with E-state index in [-0.39, 0.29) is 5.56 Å². The Hall–Kier alpha value is -1.95. The molecule has 0 heterocycles. The first kappa shape index (κ1) is 14.5. The highest BCUT2D eigenvalue weighted by atomic mass is 79.9. The van der Waals surface area contributed by atoms with Gasteiger partial charge in [-0.25, -0.2) is 8.78 Å². The molecule has 2 aromatic carbocycles. The van der Waals surface area contributed by atoms with Crippen molar-refractivity contribution in [3.05, 3.63) is 57.6 Å². The van der Waals surface area contributed by atoms with Crippen molar-refractivity contribution >= 4 is 33.2 Å². The molecule has 0 aliphatic rings. The number of anilines is 2. The molecular formula is C14H11BrF2N2O. The number of carbonyl (C=O) groups excluding carboxylic acids is 1. The number of halogens is 3. The van der Waals surface area contributed by atoms with Crippen LogP contribution < -0.4 is 11.1 Å². The third-order valence-corrected chi connectivity index (χ3v) is 3.46. The molecule has 0 aliphatic carbocycles. The number of nitrogens with one attached hydrogen (secondary N) is 1. The van der Waals surface area contributed by atoms with Gasteiger partial charge in [0.05, 0.1) is 11.3 Å². The first-order valence-corrected chi connectivity index (χ1v) is 6.50. The van der Waals surface area contributed by atoms with Crippen LogP contribution in [0.5, 0.6) is 0 Å². The molecule has 2 rings (SSSR count). The average Bonchev–Trinajstić information content (AvgIpc) is 2.39. The Morgan fingerprint density at radius 2 is 2.00 bits per heavy atom. The standard InChI is InChI=1S/C14H11BrF2N2O/c1-7-5-9(15)12(6-11(7)18)19-14(20)8-3-2-4-10(16)13(8)17/h2-6H,18H2,1H3,(H,19,20). The van der Waals surface area contributed by atoms with E-state index < -0.39 is 17.5 Å². The van der Waals surface area contributed by atoms with Crippen molar-refractivity contribution in [3.8, 4) is 0 Å². The predicted molar refractivity (Wildman–Crippen MR) is 77.6 cm³/mol. The van der Waals surface area contributed by atoms with Gasteiger partial charge in [0.25, 0.3) is 5.91 Å². The van der Waals surface area contributed by atoms with Gasteiger partial charge in [0.2, 0.25) is 0 Å². The molecule has 0 fully saturated rings. The smallest absolute Gasteiger partial charge is 0.258 e. The van der Waals surface area contributed by atoms with Crippen LogP contribution in [0.15, 0.2) is 34.8 Å². The Labute approximate surface area is 122 Å². The van der Waals surface area contributed by atoms with Gasteiger partial charge in [-0.05, 0) is 52.7 Å². The number of carbonyl (C=O) groups is 1. The summed E-state index contributed by atoms with van der Waals surface area (Å²) in [6, 6.07) is 6.71. The van der Waals surface area contributed by atoms with Crippen molar-refractivity contribution in [1.82, 2.24) is 0 Å². The van der Waals surface area contributed by atoms with E-state index in [1.165, 1.54) is 12.1 Å². The molecule has 20 heavy (non-hydrogen) atoms. The molecule has 0 aliphatic heterocycles. The Kier molecular flexibility index (Phi) is 4.04. The highest BCUT2D eigenvalue weighted by molar-refractivity contribution is 9.10. The Balaban J connectivity index is 2.33. The number of benzene rings is 2. The van der Waals surface area contributed by atoms with Gasteiger partial charge in [-0.15, -0.1) is 0 Å². The van der Waals surface area contributed by atoms with E-state index in [0.717, 1.165) is 11.6 Å². The summed E-state index contributed by atoms with van der Waals surface area (Å²) in [5, 5.41) is 2.49. The van der Waals surface area contributed by atoms with Crippen molar-refractivity contribution in [2.24, 2.45) is 0 Å². The molecule has 0 saturated heterocycles. The van der Waals surface area contributed by atoms with Gasteiger partial charge in [-0.3, -0.25) is 4.79 Å². The van der Waals surface area contributed by atoms with Crippen molar-refractivity contribution in [1.29, 1.82) is 0 Å². The van der Waals surface area contributed by atoms with Gasteiger partial charge >= 0.3 is 0 Å². The molecule has 0 saturated carbocycles. The maximum atomic E-state index is 13.5. The van der Waals surface area contributed by atoms with E-state index in [1.54, 1.807) is 12.1 Å². The second kappa shape index (κ2) is 5.58. The van der Waals surface area contributed by atoms with Crippen LogP contribution in [0.25, 0.3) is 0 Å². The van der Waals surface area contributed by atoms with E-state index in [0.29, 0.717) is 15.8 Å². The fourth-order valence-corrected chi connectivity index (χ4v) is 2.21. The van der Waals surface area contributed by atoms with Gasteiger partial charge in [0.1, 0.15) is 0 Å². The molecule has 0 aromatic heterocycles. The maximum Gasteiger partial charge on any atom is 0.258 e. The molecule has 2 aromatic rings. The number of amides is 1. The normalized spacial score (nSPS) is 10.4. The maximum absolute atomic E-state index is 13.5. The quantitative estimate of drug-likeness (QED) is 0.815. The number of rotatable bonds is 2. The van der Waals surface area contributed by atoms with Crippen LogP contribution in [0, 0.1) is 18.6 Å². The average molecular weight is 341 g/mol. The van der Waals surface area contributed by atoms with Gasteiger partial charge in [0.15, 0.2) is 11.6 Å². The van der Waals surface area contributed by atoms with Crippen LogP contribution >= 0.6 is 15.9 Å². The van der Waals surface area contributed by atoms with Crippen LogP contribution in [-0.4, -0.2) is 5.91 Å². The monoisotopic (exact) mass is 340 g/mol. The summed E-state index contributed by atoms with van der Waals surface area (Å²) in [6.45, 7) is 1.82. The number of hydrogen-bond acceptors (Lipinski definition) is 2. The molecule has 0 atom stereocenters. The highest BCUT2D eigenvalue weighted by Crippen LogP contribution is 2.28. The summed E-state index contributed by atoms with van der Waals surface area (Å²) in [7, 11) is 0. The summed E-state index contributed by atoms with van der Waals surface area (Å²) >= 11 is 3.28. The third-order valence-electron chi connectivity index (χ3n) is 2.80. The summed E-state index contributed by atoms with van der Waals surface area (Å²) in [5.41, 5.74) is 7.11. The summed E-state index contributed by atoms with van der Waals surface area (Å²) in [5.74, 6) is -2.99. The van der Waals surface area contributed by atoms with E-state index >= 15 is 0 Å². The largest absolute Gasteiger partial charge is 0.398 e. The zero-order valence-corrected chi connectivity index (χ0v) is 12.1. The van der Waals surface area contributed by atoms with E-state index in [4.69, 9.17) is 5.73 Å². The van der Waals surface area contributed by atoms with Crippen LogP contribution in [0.4, 0.5) is 20.2 Å². The molecule has 1 amide bonds. The molecular weight excluding hydrogens is 330 g/mol. The summed E-state index contributed by atoms with van der Waals surface area (Å²) in [6.07, 6.45) is 0. The van der Waals surface area contributed by atoms with Crippen molar-refractivity contribution in [2.75, 3.05) is 11.1 Å². The topological polar surface area (TPSA) is 55.1 Å². The minimum absolute atomic E-state index is 0.365. The van der Waals surface area contributed by atoms with Crippen LogP contribution in [-0.2, 0) is 0 Å². The van der Waals surface area contributed by atoms with E-state index in [9.17, 15) is 13.6 Å². The third kappa shape index (κ3) is 2.80. The van der Waals surface area contributed by atoms with E-state index in [2.05, 4.69) is 21.2 Å². The number of nitrogen functional groups attached to an aromatic ring is 1. The lowest BCUT2D eigenvalue weighted by Gasteiger charge is -2.10. The molecule has 6 heteroatoms. The number of nitrogens with two attached hydrogens (primary N) is 1. The molecule has 3 N–H and O–H groups in total. The summed E-state index contributed by atoms with van der Waals surface area (Å²) in [4.78, 5) is 12.0. The molecule has 0 unspecified atom stereocenters. The molecule has 104 valence electrons. The molecule has 3 nitrogen and oxygen atoms in total. The second-order valence-corrected chi connectivity index (χ2v) is 5.10. The van der Waals surface area contributed by atoms with Crippen molar-refractivity contribution < 1.29 is 13.6 Å². The fourth-order valence-electron chi connectivity index (χ4n) is 1.65. The van der Waals surface area contributed by atoms with Gasteiger partial charge in [-0.1, -0.05) is 6.07 Å². The minimum atomic E-state index is -1.18. The Morgan fingerprint density at radius 3 is 2.70 bits per heavy atom. The van der Waals surface area contributed by atoms with E-state index in [1.807, 2.05) is 6.92 Å². The number of aryl methyl sites for hydroxylation is 1. The van der Waals surface area contributed by atoms with Gasteiger partial charge in [-0.2, -0.15) is 0 Å². The first-order valence-electron chi connectivity index (χ1n) is 5.71. The van der Waals surface area contributed by atoms with Gasteiger partial charge in [0, 0.05) is 10.2 Å². The lowest BCUT2D eigenvalue weighted by atomic mass is 10.1. The SMILES string of the molecule is Cc1cc(Br)c(NC(=O)c2cccc(F)c2F)cc1N. The highest BCUT2D eigenvalue weighted by Gasteiger charge is 2.16. The van der Waals surface area contributed by atoms with Crippen LogP contribution in [0.3, 0.4) is 0 Å². The number of hydrogen-bond donors (Lipinski definition) is 2.